The Balaban J connectivity index is 2.12. The summed E-state index contributed by atoms with van der Waals surface area (Å²) in [5.41, 5.74) is 4.11. The van der Waals surface area contributed by atoms with Crippen LogP contribution >= 0.6 is 0 Å². The average Bonchev–Trinajstić information content (AvgIpc) is 2.78. The SMILES string of the molecule is Cc1ccc(C2(c3ccc(C)cc3)CCC(C)(O)O2)cc1. The smallest absolute Gasteiger partial charge is 0.164 e. The monoisotopic (exact) mass is 282 g/mol. The van der Waals surface area contributed by atoms with Gasteiger partial charge in [-0.3, -0.25) is 0 Å². The molecular weight excluding hydrogens is 260 g/mol. The topological polar surface area (TPSA) is 29.5 Å². The molecule has 0 spiro atoms. The highest BCUT2D eigenvalue weighted by atomic mass is 16.6. The lowest BCUT2D eigenvalue weighted by atomic mass is 9.83. The van der Waals surface area contributed by atoms with Crippen LogP contribution in [0.5, 0.6) is 0 Å². The first kappa shape index (κ1) is 14.3. The van der Waals surface area contributed by atoms with E-state index in [1.807, 2.05) is 0 Å². The van der Waals surface area contributed by atoms with Gasteiger partial charge in [-0.2, -0.15) is 0 Å². The third-order valence-corrected chi connectivity index (χ3v) is 4.37. The van der Waals surface area contributed by atoms with E-state index in [9.17, 15) is 5.11 Å². The van der Waals surface area contributed by atoms with Crippen molar-refractivity contribution < 1.29 is 9.84 Å². The third kappa shape index (κ3) is 2.61. The fourth-order valence-corrected chi connectivity index (χ4v) is 3.10. The minimum absolute atomic E-state index is 0.551. The van der Waals surface area contributed by atoms with Crippen molar-refractivity contribution in [2.45, 2.75) is 45.0 Å². The van der Waals surface area contributed by atoms with Crippen molar-refractivity contribution in [1.29, 1.82) is 0 Å². The van der Waals surface area contributed by atoms with Crippen LogP contribution in [0.25, 0.3) is 0 Å². The van der Waals surface area contributed by atoms with E-state index in [1.54, 1.807) is 6.92 Å². The van der Waals surface area contributed by atoms with Gasteiger partial charge in [0.05, 0.1) is 0 Å². The molecule has 1 aliphatic heterocycles. The largest absolute Gasteiger partial charge is 0.366 e. The highest BCUT2D eigenvalue weighted by Crippen LogP contribution is 2.48. The van der Waals surface area contributed by atoms with Gasteiger partial charge in [0.25, 0.3) is 0 Å². The zero-order valence-corrected chi connectivity index (χ0v) is 12.9. The van der Waals surface area contributed by atoms with Gasteiger partial charge in [0.15, 0.2) is 5.79 Å². The van der Waals surface area contributed by atoms with Crippen LogP contribution in [0.4, 0.5) is 0 Å². The normalized spacial score (nSPS) is 24.2. The lowest BCUT2D eigenvalue weighted by Crippen LogP contribution is -2.32. The lowest BCUT2D eigenvalue weighted by Gasteiger charge is -2.32. The van der Waals surface area contributed by atoms with Crippen molar-refractivity contribution in [2.75, 3.05) is 0 Å². The molecule has 110 valence electrons. The van der Waals surface area contributed by atoms with E-state index >= 15 is 0 Å². The number of aliphatic hydroxyl groups is 1. The molecule has 2 heteroatoms. The molecule has 0 bridgehead atoms. The second-order valence-electron chi connectivity index (χ2n) is 6.34. The summed E-state index contributed by atoms with van der Waals surface area (Å²) in [7, 11) is 0. The number of rotatable bonds is 2. The molecule has 0 aliphatic carbocycles. The first-order valence-electron chi connectivity index (χ1n) is 7.48. The molecule has 1 fully saturated rings. The Morgan fingerprint density at radius 2 is 1.24 bits per heavy atom. The summed E-state index contributed by atoms with van der Waals surface area (Å²) in [5, 5.41) is 10.3. The van der Waals surface area contributed by atoms with Gasteiger partial charge >= 0.3 is 0 Å². The molecule has 1 heterocycles. The van der Waals surface area contributed by atoms with Gasteiger partial charge in [-0.25, -0.2) is 0 Å². The van der Waals surface area contributed by atoms with Crippen LogP contribution in [0.2, 0.25) is 0 Å². The van der Waals surface area contributed by atoms with Gasteiger partial charge in [-0.05, 0) is 38.3 Å². The minimum atomic E-state index is -1.07. The Hall–Kier alpha value is -1.64. The molecule has 1 saturated heterocycles. The number of aryl methyl sites for hydroxylation is 2. The summed E-state index contributed by atoms with van der Waals surface area (Å²) in [6.07, 6.45) is 1.42. The van der Waals surface area contributed by atoms with Crippen LogP contribution in [-0.2, 0) is 10.3 Å². The fourth-order valence-electron chi connectivity index (χ4n) is 3.10. The maximum absolute atomic E-state index is 10.3. The van der Waals surface area contributed by atoms with Gasteiger partial charge in [0.2, 0.25) is 0 Å². The van der Waals surface area contributed by atoms with Crippen LogP contribution in [0.1, 0.15) is 42.0 Å². The summed E-state index contributed by atoms with van der Waals surface area (Å²) in [6.45, 7) is 5.90. The number of hydrogen-bond donors (Lipinski definition) is 1. The molecule has 2 aromatic rings. The number of hydrogen-bond acceptors (Lipinski definition) is 2. The predicted molar refractivity (Wildman–Crippen MR) is 84.1 cm³/mol. The Bertz CT molecular complexity index is 578. The van der Waals surface area contributed by atoms with Crippen LogP contribution in [0.15, 0.2) is 48.5 Å². The summed E-state index contributed by atoms with van der Waals surface area (Å²) in [5.74, 6) is -1.07. The van der Waals surface area contributed by atoms with Crippen LogP contribution in [-0.4, -0.2) is 10.9 Å². The summed E-state index contributed by atoms with van der Waals surface area (Å²) >= 11 is 0. The first-order chi connectivity index (χ1) is 9.91. The first-order valence-corrected chi connectivity index (χ1v) is 7.48. The van der Waals surface area contributed by atoms with Crippen molar-refractivity contribution in [3.63, 3.8) is 0 Å². The summed E-state index contributed by atoms with van der Waals surface area (Å²) in [6, 6.07) is 16.8. The molecule has 1 unspecified atom stereocenters. The van der Waals surface area contributed by atoms with Gasteiger partial charge in [-0.1, -0.05) is 59.7 Å². The summed E-state index contributed by atoms with van der Waals surface area (Å²) in [4.78, 5) is 0. The average molecular weight is 282 g/mol. The molecule has 0 radical (unpaired) electrons. The van der Waals surface area contributed by atoms with E-state index in [2.05, 4.69) is 62.4 Å². The van der Waals surface area contributed by atoms with E-state index in [0.29, 0.717) is 6.42 Å². The lowest BCUT2D eigenvalue weighted by molar-refractivity contribution is -0.203. The highest BCUT2D eigenvalue weighted by Gasteiger charge is 2.48. The molecule has 1 atom stereocenters. The Labute approximate surface area is 126 Å². The minimum Gasteiger partial charge on any atom is -0.366 e. The van der Waals surface area contributed by atoms with Gasteiger partial charge in [0.1, 0.15) is 5.60 Å². The molecular formula is C19H22O2. The molecule has 1 aliphatic rings. The second-order valence-corrected chi connectivity index (χ2v) is 6.34. The fraction of sp³-hybridized carbons (Fsp3) is 0.368. The van der Waals surface area contributed by atoms with E-state index in [-0.39, 0.29) is 0 Å². The van der Waals surface area contributed by atoms with Crippen molar-refractivity contribution in [3.05, 3.63) is 70.8 Å². The quantitative estimate of drug-likeness (QED) is 0.900. The van der Waals surface area contributed by atoms with Gasteiger partial charge in [0, 0.05) is 6.42 Å². The van der Waals surface area contributed by atoms with Crippen molar-refractivity contribution in [2.24, 2.45) is 0 Å². The van der Waals surface area contributed by atoms with Crippen molar-refractivity contribution in [1.82, 2.24) is 0 Å². The standard InChI is InChI=1S/C19H22O2/c1-14-4-8-16(9-5-14)19(13-12-18(3,20)21-19)17-10-6-15(2)7-11-17/h4-11,20H,12-13H2,1-3H3. The maximum Gasteiger partial charge on any atom is 0.164 e. The molecule has 21 heavy (non-hydrogen) atoms. The highest BCUT2D eigenvalue weighted by molar-refractivity contribution is 5.39. The van der Waals surface area contributed by atoms with Gasteiger partial charge in [-0.15, -0.1) is 0 Å². The van der Waals surface area contributed by atoms with E-state index in [4.69, 9.17) is 4.74 Å². The zero-order valence-electron chi connectivity index (χ0n) is 12.9. The third-order valence-electron chi connectivity index (χ3n) is 4.37. The Morgan fingerprint density at radius 1 is 0.810 bits per heavy atom. The number of benzene rings is 2. The van der Waals surface area contributed by atoms with Crippen LogP contribution in [0.3, 0.4) is 0 Å². The molecule has 3 rings (SSSR count). The van der Waals surface area contributed by atoms with Crippen molar-refractivity contribution >= 4 is 0 Å². The van der Waals surface area contributed by atoms with Crippen molar-refractivity contribution in [3.8, 4) is 0 Å². The van der Waals surface area contributed by atoms with Gasteiger partial charge < -0.3 is 9.84 Å². The second kappa shape index (κ2) is 4.97. The van der Waals surface area contributed by atoms with E-state index < -0.39 is 11.4 Å². The molecule has 0 saturated carbocycles. The summed E-state index contributed by atoms with van der Waals surface area (Å²) < 4.78 is 6.14. The zero-order chi connectivity index (χ0) is 15.1. The maximum atomic E-state index is 10.3. The molecule has 0 amide bonds. The Morgan fingerprint density at radius 3 is 1.57 bits per heavy atom. The van der Waals surface area contributed by atoms with E-state index in [1.165, 1.54) is 11.1 Å². The van der Waals surface area contributed by atoms with Crippen LogP contribution in [0, 0.1) is 13.8 Å². The number of ether oxygens (including phenoxy) is 1. The molecule has 2 nitrogen and oxygen atoms in total. The predicted octanol–water partition coefficient (Wildman–Crippen LogP) is 4.07. The van der Waals surface area contributed by atoms with Crippen LogP contribution < -0.4 is 0 Å². The Kier molecular flexibility index (Phi) is 3.39. The molecule has 2 aromatic carbocycles. The molecule has 1 N–H and O–H groups in total. The molecule has 0 aromatic heterocycles. The van der Waals surface area contributed by atoms with E-state index in [0.717, 1.165) is 17.5 Å².